The van der Waals surface area contributed by atoms with E-state index in [0.717, 1.165) is 27.5 Å². The number of thiophene rings is 1. The number of hydrogen-bond acceptors (Lipinski definition) is 3. The summed E-state index contributed by atoms with van der Waals surface area (Å²) in [6.07, 6.45) is -4.35. The maximum Gasteiger partial charge on any atom is 0.416 e. The molecule has 3 aromatic rings. The maximum absolute atomic E-state index is 12.7. The predicted molar refractivity (Wildman–Crippen MR) is 91.5 cm³/mol. The molecule has 0 atom stereocenters. The number of para-hydroxylation sites is 1. The van der Waals surface area contributed by atoms with Gasteiger partial charge < -0.3 is 9.84 Å². The molecule has 0 aliphatic rings. The van der Waals surface area contributed by atoms with Gasteiger partial charge in [-0.2, -0.15) is 13.2 Å². The Hall–Kier alpha value is -2.31. The largest absolute Gasteiger partial charge is 0.489 e. The standard InChI is InChI=1S/C19H15F3O2S/c20-19(21,22)15-8-6-13(7-9-15)17-10-14(18(11-23)25-17)12-24-16-4-2-1-3-5-16/h1-10,23H,11-12H2. The van der Waals surface area contributed by atoms with Gasteiger partial charge in [0.15, 0.2) is 0 Å². The fourth-order valence-electron chi connectivity index (χ4n) is 2.37. The molecule has 0 saturated heterocycles. The second kappa shape index (κ2) is 7.29. The molecule has 6 heteroatoms. The van der Waals surface area contributed by atoms with Crippen LogP contribution in [0.25, 0.3) is 10.4 Å². The van der Waals surface area contributed by atoms with Gasteiger partial charge in [0.1, 0.15) is 12.4 Å². The first-order chi connectivity index (χ1) is 12.0. The molecule has 0 amide bonds. The lowest BCUT2D eigenvalue weighted by Gasteiger charge is -2.06. The normalized spacial score (nSPS) is 11.5. The van der Waals surface area contributed by atoms with E-state index in [1.165, 1.54) is 23.5 Å². The van der Waals surface area contributed by atoms with Crippen molar-refractivity contribution in [3.63, 3.8) is 0 Å². The van der Waals surface area contributed by atoms with Gasteiger partial charge in [-0.1, -0.05) is 30.3 Å². The number of aliphatic hydroxyl groups excluding tert-OH is 1. The zero-order chi connectivity index (χ0) is 17.9. The molecule has 1 aromatic heterocycles. The Kier molecular flexibility index (Phi) is 5.11. The SMILES string of the molecule is OCc1sc(-c2ccc(C(F)(F)F)cc2)cc1COc1ccccc1. The van der Waals surface area contributed by atoms with Crippen LogP contribution in [0.3, 0.4) is 0 Å². The van der Waals surface area contributed by atoms with Crippen molar-refractivity contribution in [1.29, 1.82) is 0 Å². The minimum Gasteiger partial charge on any atom is -0.489 e. The number of ether oxygens (including phenoxy) is 1. The van der Waals surface area contributed by atoms with Crippen LogP contribution < -0.4 is 4.74 Å². The van der Waals surface area contributed by atoms with Gasteiger partial charge in [-0.3, -0.25) is 0 Å². The van der Waals surface area contributed by atoms with Gasteiger partial charge in [0.05, 0.1) is 12.2 Å². The lowest BCUT2D eigenvalue weighted by molar-refractivity contribution is -0.137. The van der Waals surface area contributed by atoms with E-state index >= 15 is 0 Å². The molecule has 1 heterocycles. The van der Waals surface area contributed by atoms with Gasteiger partial charge in [0.2, 0.25) is 0 Å². The van der Waals surface area contributed by atoms with Crippen LogP contribution in [0.5, 0.6) is 5.75 Å². The Morgan fingerprint density at radius 1 is 0.960 bits per heavy atom. The average molecular weight is 364 g/mol. The number of hydrogen-bond donors (Lipinski definition) is 1. The molecule has 0 spiro atoms. The molecule has 0 radical (unpaired) electrons. The highest BCUT2D eigenvalue weighted by molar-refractivity contribution is 7.15. The van der Waals surface area contributed by atoms with Crippen molar-refractivity contribution in [2.24, 2.45) is 0 Å². The van der Waals surface area contributed by atoms with E-state index in [0.29, 0.717) is 11.3 Å². The smallest absolute Gasteiger partial charge is 0.416 e. The van der Waals surface area contributed by atoms with Gasteiger partial charge in [0, 0.05) is 15.3 Å². The van der Waals surface area contributed by atoms with Crippen molar-refractivity contribution in [3.8, 4) is 16.2 Å². The van der Waals surface area contributed by atoms with Crippen molar-refractivity contribution < 1.29 is 23.0 Å². The van der Waals surface area contributed by atoms with Gasteiger partial charge in [0.25, 0.3) is 0 Å². The lowest BCUT2D eigenvalue weighted by atomic mass is 10.1. The topological polar surface area (TPSA) is 29.5 Å². The van der Waals surface area contributed by atoms with Gasteiger partial charge in [-0.05, 0) is 35.9 Å². The summed E-state index contributed by atoms with van der Waals surface area (Å²) in [6.45, 7) is 0.149. The molecule has 25 heavy (non-hydrogen) atoms. The highest BCUT2D eigenvalue weighted by Gasteiger charge is 2.30. The first-order valence-electron chi connectivity index (χ1n) is 7.55. The fraction of sp³-hybridized carbons (Fsp3) is 0.158. The van der Waals surface area contributed by atoms with Crippen molar-refractivity contribution >= 4 is 11.3 Å². The highest BCUT2D eigenvalue weighted by Crippen LogP contribution is 2.35. The van der Waals surface area contributed by atoms with Crippen LogP contribution in [-0.4, -0.2) is 5.11 Å². The molecule has 1 N–H and O–H groups in total. The summed E-state index contributed by atoms with van der Waals surface area (Å²) in [7, 11) is 0. The number of aliphatic hydroxyl groups is 1. The van der Waals surface area contributed by atoms with E-state index in [4.69, 9.17) is 4.74 Å². The molecule has 2 nitrogen and oxygen atoms in total. The summed E-state index contributed by atoms with van der Waals surface area (Å²) in [6, 6.07) is 16.1. The molecule has 0 bridgehead atoms. The minimum absolute atomic E-state index is 0.140. The summed E-state index contributed by atoms with van der Waals surface area (Å²) in [5, 5.41) is 9.53. The van der Waals surface area contributed by atoms with E-state index in [2.05, 4.69) is 0 Å². The Balaban J connectivity index is 1.80. The summed E-state index contributed by atoms with van der Waals surface area (Å²) in [4.78, 5) is 1.54. The summed E-state index contributed by atoms with van der Waals surface area (Å²) in [5.41, 5.74) is 0.827. The van der Waals surface area contributed by atoms with Crippen molar-refractivity contribution in [3.05, 3.63) is 76.7 Å². The van der Waals surface area contributed by atoms with E-state index in [1.54, 1.807) is 0 Å². The zero-order valence-electron chi connectivity index (χ0n) is 13.1. The van der Waals surface area contributed by atoms with E-state index in [-0.39, 0.29) is 13.2 Å². The fourth-order valence-corrected chi connectivity index (χ4v) is 3.40. The Bertz CT molecular complexity index is 824. The predicted octanol–water partition coefficient (Wildman–Crippen LogP) is 5.51. The third kappa shape index (κ3) is 4.21. The quantitative estimate of drug-likeness (QED) is 0.647. The van der Waals surface area contributed by atoms with Crippen molar-refractivity contribution in [2.75, 3.05) is 0 Å². The van der Waals surface area contributed by atoms with Crippen LogP contribution in [-0.2, 0) is 19.4 Å². The maximum atomic E-state index is 12.7. The molecule has 0 fully saturated rings. The molecular weight excluding hydrogens is 349 g/mol. The Morgan fingerprint density at radius 3 is 2.24 bits per heavy atom. The Labute approximate surface area is 147 Å². The molecule has 2 aromatic carbocycles. The van der Waals surface area contributed by atoms with Gasteiger partial charge in [-0.15, -0.1) is 11.3 Å². The van der Waals surface area contributed by atoms with Crippen molar-refractivity contribution in [2.45, 2.75) is 19.4 Å². The second-order valence-corrected chi connectivity index (χ2v) is 6.53. The van der Waals surface area contributed by atoms with E-state index in [9.17, 15) is 18.3 Å². The van der Waals surface area contributed by atoms with Gasteiger partial charge in [-0.25, -0.2) is 0 Å². The van der Waals surface area contributed by atoms with E-state index < -0.39 is 11.7 Å². The summed E-state index contributed by atoms with van der Waals surface area (Å²) in [5.74, 6) is 0.716. The second-order valence-electron chi connectivity index (χ2n) is 5.39. The average Bonchev–Trinajstić information content (AvgIpc) is 3.03. The monoisotopic (exact) mass is 364 g/mol. The van der Waals surface area contributed by atoms with Gasteiger partial charge >= 0.3 is 6.18 Å². The van der Waals surface area contributed by atoms with Crippen LogP contribution in [0.1, 0.15) is 16.0 Å². The number of alkyl halides is 3. The third-order valence-corrected chi connectivity index (χ3v) is 4.89. The molecular formula is C19H15F3O2S. The zero-order valence-corrected chi connectivity index (χ0v) is 13.9. The molecule has 130 valence electrons. The first kappa shape index (κ1) is 17.5. The highest BCUT2D eigenvalue weighted by atomic mass is 32.1. The van der Waals surface area contributed by atoms with Crippen LogP contribution in [0.2, 0.25) is 0 Å². The van der Waals surface area contributed by atoms with Crippen LogP contribution in [0, 0.1) is 0 Å². The van der Waals surface area contributed by atoms with E-state index in [1.807, 2.05) is 36.4 Å². The molecule has 0 aliphatic carbocycles. The number of benzene rings is 2. The molecule has 0 unspecified atom stereocenters. The van der Waals surface area contributed by atoms with Crippen LogP contribution in [0.15, 0.2) is 60.7 Å². The summed E-state index contributed by atoms with van der Waals surface area (Å²) >= 11 is 1.35. The van der Waals surface area contributed by atoms with Crippen LogP contribution >= 0.6 is 11.3 Å². The third-order valence-electron chi connectivity index (χ3n) is 3.67. The van der Waals surface area contributed by atoms with Crippen LogP contribution in [0.4, 0.5) is 13.2 Å². The molecule has 3 rings (SSSR count). The Morgan fingerprint density at radius 2 is 1.64 bits per heavy atom. The number of rotatable bonds is 5. The first-order valence-corrected chi connectivity index (χ1v) is 8.37. The number of halogens is 3. The summed E-state index contributed by atoms with van der Waals surface area (Å²) < 4.78 is 43.7. The van der Waals surface area contributed by atoms with Crippen molar-refractivity contribution in [1.82, 2.24) is 0 Å². The minimum atomic E-state index is -4.35. The lowest BCUT2D eigenvalue weighted by Crippen LogP contribution is -2.03. The molecule has 0 aliphatic heterocycles. The molecule has 0 saturated carbocycles.